The Balaban J connectivity index is 2.58. The van der Waals surface area contributed by atoms with Gasteiger partial charge in [0.1, 0.15) is 5.52 Å². The highest BCUT2D eigenvalue weighted by Crippen LogP contribution is 2.16. The van der Waals surface area contributed by atoms with E-state index < -0.39 is 0 Å². The molecule has 68 valence electrons. The van der Waals surface area contributed by atoms with Gasteiger partial charge in [-0.1, -0.05) is 23.7 Å². The molecule has 1 aromatic heterocycles. The summed E-state index contributed by atoms with van der Waals surface area (Å²) < 4.78 is 1.88. The van der Waals surface area contributed by atoms with Crippen LogP contribution in [0.15, 0.2) is 18.2 Å². The van der Waals surface area contributed by atoms with E-state index in [1.807, 2.05) is 22.9 Å². The number of nitrogens with zero attached hydrogens (tertiary/aromatic N) is 3. The van der Waals surface area contributed by atoms with Gasteiger partial charge in [0.15, 0.2) is 0 Å². The highest BCUT2D eigenvalue weighted by Gasteiger charge is 2.02. The van der Waals surface area contributed by atoms with E-state index in [0.29, 0.717) is 0 Å². The fraction of sp³-hybridized carbons (Fsp3) is 0.333. The summed E-state index contributed by atoms with van der Waals surface area (Å²) in [6.07, 6.45) is 1.05. The second-order valence-electron chi connectivity index (χ2n) is 2.95. The third-order valence-corrected chi connectivity index (χ3v) is 2.15. The molecule has 0 N–H and O–H groups in total. The maximum Gasteiger partial charge on any atom is 0.113 e. The van der Waals surface area contributed by atoms with Gasteiger partial charge in [-0.15, -0.1) is 5.10 Å². The van der Waals surface area contributed by atoms with Gasteiger partial charge in [-0.05, 0) is 24.6 Å². The zero-order chi connectivity index (χ0) is 9.26. The summed E-state index contributed by atoms with van der Waals surface area (Å²) in [6, 6.07) is 5.61. The fourth-order valence-corrected chi connectivity index (χ4v) is 1.48. The van der Waals surface area contributed by atoms with Crippen molar-refractivity contribution in [2.75, 3.05) is 0 Å². The molecule has 1 heterocycles. The summed E-state index contributed by atoms with van der Waals surface area (Å²) in [7, 11) is 0. The average molecular weight is 196 g/mol. The maximum absolute atomic E-state index is 5.88. The number of rotatable bonds is 2. The van der Waals surface area contributed by atoms with Crippen molar-refractivity contribution in [2.45, 2.75) is 19.9 Å². The summed E-state index contributed by atoms with van der Waals surface area (Å²) >= 11 is 5.88. The first kappa shape index (κ1) is 8.51. The lowest BCUT2D eigenvalue weighted by Crippen LogP contribution is -1.98. The molecule has 0 saturated carbocycles. The summed E-state index contributed by atoms with van der Waals surface area (Å²) in [6.45, 7) is 2.99. The fourth-order valence-electron chi connectivity index (χ4n) is 1.32. The normalized spacial score (nSPS) is 10.9. The SMILES string of the molecule is CCCn1nnc2ccc(Cl)cc21. The lowest BCUT2D eigenvalue weighted by Gasteiger charge is -1.97. The van der Waals surface area contributed by atoms with Crippen molar-refractivity contribution in [3.05, 3.63) is 23.2 Å². The Bertz CT molecular complexity index is 422. The van der Waals surface area contributed by atoms with Crippen LogP contribution in [-0.4, -0.2) is 15.0 Å². The largest absolute Gasteiger partial charge is 0.245 e. The van der Waals surface area contributed by atoms with E-state index in [1.165, 1.54) is 0 Å². The van der Waals surface area contributed by atoms with Crippen LogP contribution in [0.1, 0.15) is 13.3 Å². The molecule has 0 aliphatic carbocycles. The van der Waals surface area contributed by atoms with Crippen LogP contribution in [0, 0.1) is 0 Å². The molecular formula is C9H10ClN3. The van der Waals surface area contributed by atoms with Gasteiger partial charge in [0.05, 0.1) is 5.52 Å². The molecule has 13 heavy (non-hydrogen) atoms. The van der Waals surface area contributed by atoms with Crippen LogP contribution >= 0.6 is 11.6 Å². The quantitative estimate of drug-likeness (QED) is 0.737. The summed E-state index contributed by atoms with van der Waals surface area (Å²) in [5, 5.41) is 8.80. The smallest absolute Gasteiger partial charge is 0.113 e. The zero-order valence-corrected chi connectivity index (χ0v) is 8.12. The van der Waals surface area contributed by atoms with Gasteiger partial charge in [-0.3, -0.25) is 0 Å². The van der Waals surface area contributed by atoms with E-state index in [4.69, 9.17) is 11.6 Å². The van der Waals surface area contributed by atoms with E-state index in [1.54, 1.807) is 0 Å². The number of halogens is 1. The van der Waals surface area contributed by atoms with Crippen molar-refractivity contribution in [1.82, 2.24) is 15.0 Å². The summed E-state index contributed by atoms with van der Waals surface area (Å²) in [4.78, 5) is 0. The number of hydrogen-bond acceptors (Lipinski definition) is 2. The first-order valence-corrected chi connectivity index (χ1v) is 4.68. The third kappa shape index (κ3) is 1.52. The van der Waals surface area contributed by atoms with E-state index >= 15 is 0 Å². The van der Waals surface area contributed by atoms with E-state index in [0.717, 1.165) is 29.0 Å². The topological polar surface area (TPSA) is 30.7 Å². The summed E-state index contributed by atoms with van der Waals surface area (Å²) in [5.74, 6) is 0. The van der Waals surface area contributed by atoms with Crippen molar-refractivity contribution in [3.63, 3.8) is 0 Å². The lowest BCUT2D eigenvalue weighted by atomic mass is 10.3. The third-order valence-electron chi connectivity index (χ3n) is 1.91. The van der Waals surface area contributed by atoms with Gasteiger partial charge < -0.3 is 0 Å². The predicted molar refractivity (Wildman–Crippen MR) is 52.8 cm³/mol. The van der Waals surface area contributed by atoms with Gasteiger partial charge in [-0.2, -0.15) is 0 Å². The molecule has 0 unspecified atom stereocenters. The minimum atomic E-state index is 0.729. The first-order valence-electron chi connectivity index (χ1n) is 4.30. The van der Waals surface area contributed by atoms with Crippen molar-refractivity contribution >= 4 is 22.6 Å². The Hall–Kier alpha value is -1.09. The molecule has 0 atom stereocenters. The molecule has 0 fully saturated rings. The lowest BCUT2D eigenvalue weighted by molar-refractivity contribution is 0.596. The monoisotopic (exact) mass is 195 g/mol. The minimum Gasteiger partial charge on any atom is -0.245 e. The molecule has 0 aliphatic rings. The first-order chi connectivity index (χ1) is 6.31. The van der Waals surface area contributed by atoms with Crippen LogP contribution < -0.4 is 0 Å². The van der Waals surface area contributed by atoms with Crippen molar-refractivity contribution in [2.24, 2.45) is 0 Å². The van der Waals surface area contributed by atoms with Gasteiger partial charge in [0.2, 0.25) is 0 Å². The molecule has 0 amide bonds. The molecule has 0 spiro atoms. The maximum atomic E-state index is 5.88. The molecule has 1 aromatic carbocycles. The van der Waals surface area contributed by atoms with Gasteiger partial charge >= 0.3 is 0 Å². The Kier molecular flexibility index (Phi) is 2.19. The Morgan fingerprint density at radius 3 is 3.08 bits per heavy atom. The molecule has 0 saturated heterocycles. The predicted octanol–water partition coefficient (Wildman–Crippen LogP) is 2.49. The van der Waals surface area contributed by atoms with Gasteiger partial charge in [0.25, 0.3) is 0 Å². The molecule has 0 bridgehead atoms. The molecular weight excluding hydrogens is 186 g/mol. The van der Waals surface area contributed by atoms with Gasteiger partial charge in [0, 0.05) is 11.6 Å². The van der Waals surface area contributed by atoms with Gasteiger partial charge in [-0.25, -0.2) is 4.68 Å². The standard InChI is InChI=1S/C9H10ClN3/c1-2-5-13-9-6-7(10)3-4-8(9)11-12-13/h3-4,6H,2,5H2,1H3. The van der Waals surface area contributed by atoms with Crippen LogP contribution in [0.25, 0.3) is 11.0 Å². The molecule has 3 nitrogen and oxygen atoms in total. The second-order valence-corrected chi connectivity index (χ2v) is 3.38. The second kappa shape index (κ2) is 3.34. The number of fused-ring (bicyclic) bond motifs is 1. The summed E-state index contributed by atoms with van der Waals surface area (Å²) in [5.41, 5.74) is 1.91. The Labute approximate surface area is 81.3 Å². The number of benzene rings is 1. The van der Waals surface area contributed by atoms with Crippen LogP contribution in [0.5, 0.6) is 0 Å². The van der Waals surface area contributed by atoms with Crippen molar-refractivity contribution in [3.8, 4) is 0 Å². The number of aryl methyl sites for hydroxylation is 1. The Morgan fingerprint density at radius 1 is 1.46 bits per heavy atom. The highest BCUT2D eigenvalue weighted by molar-refractivity contribution is 6.31. The average Bonchev–Trinajstić information content (AvgIpc) is 2.49. The van der Waals surface area contributed by atoms with E-state index in [2.05, 4.69) is 17.2 Å². The highest BCUT2D eigenvalue weighted by atomic mass is 35.5. The van der Waals surface area contributed by atoms with Crippen LogP contribution in [0.4, 0.5) is 0 Å². The van der Waals surface area contributed by atoms with Crippen LogP contribution in [0.2, 0.25) is 5.02 Å². The molecule has 0 aliphatic heterocycles. The van der Waals surface area contributed by atoms with E-state index in [-0.39, 0.29) is 0 Å². The molecule has 0 radical (unpaired) electrons. The number of hydrogen-bond donors (Lipinski definition) is 0. The molecule has 2 rings (SSSR count). The van der Waals surface area contributed by atoms with E-state index in [9.17, 15) is 0 Å². The molecule has 4 heteroatoms. The Morgan fingerprint density at radius 2 is 2.31 bits per heavy atom. The van der Waals surface area contributed by atoms with Crippen LogP contribution in [0.3, 0.4) is 0 Å². The van der Waals surface area contributed by atoms with Crippen LogP contribution in [-0.2, 0) is 6.54 Å². The molecule has 2 aromatic rings. The minimum absolute atomic E-state index is 0.729. The van der Waals surface area contributed by atoms with Crippen molar-refractivity contribution < 1.29 is 0 Å². The van der Waals surface area contributed by atoms with Crippen molar-refractivity contribution in [1.29, 1.82) is 0 Å². The zero-order valence-electron chi connectivity index (χ0n) is 7.37. The number of aromatic nitrogens is 3.